The first-order valence-corrected chi connectivity index (χ1v) is 10.1. The maximum Gasteiger partial charge on any atom is 0.234 e. The SMILES string of the molecule is COc1cc(N2CCC(C)CC2)nc(NC(=S)NCc2ccc3c(c2)OCO3)n1. The predicted molar refractivity (Wildman–Crippen MR) is 115 cm³/mol. The van der Waals surface area contributed by atoms with Gasteiger partial charge in [-0.3, -0.25) is 0 Å². The summed E-state index contributed by atoms with van der Waals surface area (Å²) < 4.78 is 16.1. The van der Waals surface area contributed by atoms with Gasteiger partial charge in [-0.05, 0) is 48.7 Å². The van der Waals surface area contributed by atoms with Crippen molar-refractivity contribution in [2.45, 2.75) is 26.3 Å². The summed E-state index contributed by atoms with van der Waals surface area (Å²) >= 11 is 5.42. The molecule has 2 N–H and O–H groups in total. The number of anilines is 2. The lowest BCUT2D eigenvalue weighted by Gasteiger charge is -2.31. The van der Waals surface area contributed by atoms with E-state index in [1.165, 1.54) is 0 Å². The van der Waals surface area contributed by atoms with Crippen LogP contribution in [0.5, 0.6) is 17.4 Å². The molecule has 1 aromatic heterocycles. The van der Waals surface area contributed by atoms with Crippen molar-refractivity contribution < 1.29 is 14.2 Å². The molecule has 1 fully saturated rings. The zero-order chi connectivity index (χ0) is 20.2. The molecule has 0 amide bonds. The maximum absolute atomic E-state index is 5.42. The molecule has 0 unspecified atom stereocenters. The molecule has 1 saturated heterocycles. The lowest BCUT2D eigenvalue weighted by molar-refractivity contribution is 0.174. The highest BCUT2D eigenvalue weighted by atomic mass is 32.1. The van der Waals surface area contributed by atoms with Crippen LogP contribution in [-0.4, -0.2) is 42.1 Å². The van der Waals surface area contributed by atoms with E-state index in [1.54, 1.807) is 7.11 Å². The lowest BCUT2D eigenvalue weighted by atomic mass is 9.99. The number of piperidine rings is 1. The van der Waals surface area contributed by atoms with Gasteiger partial charge in [0.05, 0.1) is 7.11 Å². The van der Waals surface area contributed by atoms with Crippen molar-refractivity contribution in [3.05, 3.63) is 29.8 Å². The molecule has 2 aliphatic rings. The molecule has 29 heavy (non-hydrogen) atoms. The minimum atomic E-state index is 0.262. The Labute approximate surface area is 175 Å². The van der Waals surface area contributed by atoms with Crippen LogP contribution in [0.2, 0.25) is 0 Å². The van der Waals surface area contributed by atoms with Crippen LogP contribution in [0, 0.1) is 5.92 Å². The molecule has 0 spiro atoms. The van der Waals surface area contributed by atoms with Crippen LogP contribution in [0.15, 0.2) is 24.3 Å². The van der Waals surface area contributed by atoms with Gasteiger partial charge in [0.2, 0.25) is 18.6 Å². The third kappa shape index (κ3) is 4.79. The molecular formula is C20H25N5O3S. The van der Waals surface area contributed by atoms with Crippen molar-refractivity contribution in [3.63, 3.8) is 0 Å². The van der Waals surface area contributed by atoms with E-state index in [9.17, 15) is 0 Å². The van der Waals surface area contributed by atoms with Crippen LogP contribution < -0.4 is 29.7 Å². The lowest BCUT2D eigenvalue weighted by Crippen LogP contribution is -2.34. The number of ether oxygens (including phenoxy) is 3. The smallest absolute Gasteiger partial charge is 0.234 e. The van der Waals surface area contributed by atoms with E-state index in [1.807, 2.05) is 24.3 Å². The van der Waals surface area contributed by atoms with E-state index in [4.69, 9.17) is 26.4 Å². The van der Waals surface area contributed by atoms with Gasteiger partial charge in [0, 0.05) is 25.7 Å². The first-order chi connectivity index (χ1) is 14.1. The zero-order valence-electron chi connectivity index (χ0n) is 16.6. The summed E-state index contributed by atoms with van der Waals surface area (Å²) in [6.45, 7) is 5.05. The van der Waals surface area contributed by atoms with E-state index in [2.05, 4.69) is 32.4 Å². The first-order valence-electron chi connectivity index (χ1n) is 9.72. The highest BCUT2D eigenvalue weighted by molar-refractivity contribution is 7.80. The Morgan fingerprint density at radius 1 is 1.21 bits per heavy atom. The number of methoxy groups -OCH3 is 1. The van der Waals surface area contributed by atoms with Gasteiger partial charge in [0.25, 0.3) is 0 Å². The Hall–Kier alpha value is -2.81. The van der Waals surface area contributed by atoms with Crippen molar-refractivity contribution in [3.8, 4) is 17.4 Å². The zero-order valence-corrected chi connectivity index (χ0v) is 17.4. The molecule has 0 radical (unpaired) electrons. The Morgan fingerprint density at radius 3 is 2.79 bits per heavy atom. The van der Waals surface area contributed by atoms with Crippen LogP contribution in [0.25, 0.3) is 0 Å². The average Bonchev–Trinajstić information content (AvgIpc) is 3.20. The summed E-state index contributed by atoms with van der Waals surface area (Å²) in [6, 6.07) is 7.67. The van der Waals surface area contributed by atoms with Gasteiger partial charge in [0.15, 0.2) is 16.6 Å². The van der Waals surface area contributed by atoms with Crippen LogP contribution in [0.1, 0.15) is 25.3 Å². The Kier molecular flexibility index (Phi) is 5.84. The molecule has 8 nitrogen and oxygen atoms in total. The van der Waals surface area contributed by atoms with Gasteiger partial charge < -0.3 is 29.7 Å². The van der Waals surface area contributed by atoms with Gasteiger partial charge >= 0.3 is 0 Å². The van der Waals surface area contributed by atoms with Crippen LogP contribution in [0.4, 0.5) is 11.8 Å². The summed E-state index contributed by atoms with van der Waals surface area (Å²) in [5.41, 5.74) is 1.04. The van der Waals surface area contributed by atoms with Crippen molar-refractivity contribution >= 4 is 29.1 Å². The topological polar surface area (TPSA) is 80.8 Å². The van der Waals surface area contributed by atoms with Crippen LogP contribution >= 0.6 is 12.2 Å². The molecule has 2 aromatic rings. The standard InChI is InChI=1S/C20H25N5O3S/c1-13-5-7-25(8-6-13)17-10-18(26-2)23-19(22-17)24-20(29)21-11-14-3-4-15-16(9-14)28-12-27-15/h3-4,9-10,13H,5-8,11-12H2,1-2H3,(H2,21,22,23,24,29). The first kappa shape index (κ1) is 19.5. The van der Waals surface area contributed by atoms with Gasteiger partial charge in [-0.1, -0.05) is 13.0 Å². The summed E-state index contributed by atoms with van der Waals surface area (Å²) in [7, 11) is 1.60. The maximum atomic E-state index is 5.42. The van der Waals surface area contributed by atoms with Crippen molar-refractivity contribution in [1.82, 2.24) is 15.3 Å². The molecule has 2 aliphatic heterocycles. The average molecular weight is 416 g/mol. The third-order valence-corrected chi connectivity index (χ3v) is 5.37. The number of hydrogen-bond donors (Lipinski definition) is 2. The summed E-state index contributed by atoms with van der Waals surface area (Å²) in [5.74, 6) is 4.04. The van der Waals surface area contributed by atoms with Crippen molar-refractivity contribution in [1.29, 1.82) is 0 Å². The molecule has 4 rings (SSSR count). The van der Waals surface area contributed by atoms with Crippen LogP contribution in [0.3, 0.4) is 0 Å². The van der Waals surface area contributed by atoms with E-state index in [0.29, 0.717) is 23.5 Å². The molecule has 0 bridgehead atoms. The number of thiocarbonyl (C=S) groups is 1. The molecule has 1 aromatic carbocycles. The fraction of sp³-hybridized carbons (Fsp3) is 0.450. The number of benzene rings is 1. The van der Waals surface area contributed by atoms with Gasteiger partial charge in [-0.2, -0.15) is 9.97 Å². The molecule has 0 aliphatic carbocycles. The van der Waals surface area contributed by atoms with Crippen molar-refractivity contribution in [2.75, 3.05) is 37.2 Å². The fourth-order valence-electron chi connectivity index (χ4n) is 3.35. The minimum Gasteiger partial charge on any atom is -0.481 e. The quantitative estimate of drug-likeness (QED) is 0.716. The predicted octanol–water partition coefficient (Wildman–Crippen LogP) is 2.94. The molecule has 154 valence electrons. The normalized spacial score (nSPS) is 15.9. The van der Waals surface area contributed by atoms with E-state index < -0.39 is 0 Å². The summed E-state index contributed by atoms with van der Waals surface area (Å²) in [4.78, 5) is 11.3. The highest BCUT2D eigenvalue weighted by Gasteiger charge is 2.19. The van der Waals surface area contributed by atoms with Gasteiger partial charge in [-0.15, -0.1) is 0 Å². The molecule has 0 saturated carbocycles. The number of nitrogens with zero attached hydrogens (tertiary/aromatic N) is 3. The second-order valence-corrected chi connectivity index (χ2v) is 7.67. The number of hydrogen-bond acceptors (Lipinski definition) is 7. The van der Waals surface area contributed by atoms with E-state index >= 15 is 0 Å². The molecule has 0 atom stereocenters. The minimum absolute atomic E-state index is 0.262. The monoisotopic (exact) mass is 415 g/mol. The molecule has 9 heteroatoms. The van der Waals surface area contributed by atoms with Gasteiger partial charge in [0.1, 0.15) is 5.82 Å². The largest absolute Gasteiger partial charge is 0.481 e. The number of nitrogens with one attached hydrogen (secondary N) is 2. The highest BCUT2D eigenvalue weighted by Crippen LogP contribution is 2.32. The summed E-state index contributed by atoms with van der Waals surface area (Å²) in [6.07, 6.45) is 2.31. The summed E-state index contributed by atoms with van der Waals surface area (Å²) in [5, 5.41) is 6.67. The second-order valence-electron chi connectivity index (χ2n) is 7.26. The second kappa shape index (κ2) is 8.69. The fourth-order valence-corrected chi connectivity index (χ4v) is 3.52. The Balaban J connectivity index is 1.38. The molecule has 3 heterocycles. The van der Waals surface area contributed by atoms with Gasteiger partial charge in [-0.25, -0.2) is 0 Å². The van der Waals surface area contributed by atoms with Crippen molar-refractivity contribution in [2.24, 2.45) is 5.92 Å². The Morgan fingerprint density at radius 2 is 2.00 bits per heavy atom. The van der Waals surface area contributed by atoms with Crippen LogP contribution in [-0.2, 0) is 6.54 Å². The van der Waals surface area contributed by atoms with E-state index in [-0.39, 0.29) is 6.79 Å². The van der Waals surface area contributed by atoms with E-state index in [0.717, 1.165) is 54.7 Å². The molecular weight excluding hydrogens is 390 g/mol. The number of rotatable bonds is 5. The number of fused-ring (bicyclic) bond motifs is 1. The Bertz CT molecular complexity index is 886. The third-order valence-electron chi connectivity index (χ3n) is 5.12. The number of aromatic nitrogens is 2.